The molecule has 0 amide bonds. The normalized spacial score (nSPS) is 9.60. The molecule has 0 aliphatic heterocycles. The summed E-state index contributed by atoms with van der Waals surface area (Å²) in [4.78, 5) is 11.8. The maximum Gasteiger partial charge on any atom is 0.335 e. The number of carboxylic acid groups (broad SMARTS) is 1. The number of terminal acetylenes is 1. The molecule has 1 N–H and O–H groups in total. The zero-order valence-corrected chi connectivity index (χ0v) is 9.30. The predicted octanol–water partition coefficient (Wildman–Crippen LogP) is 2.81. The number of rotatable bonds is 4. The highest BCUT2D eigenvalue weighted by Crippen LogP contribution is 2.21. The van der Waals surface area contributed by atoms with Gasteiger partial charge in [-0.1, -0.05) is 6.07 Å². The molecular weight excluding hydrogens is 208 g/mol. The zero-order chi connectivity index (χ0) is 11.3. The Labute approximate surface area is 93.7 Å². The van der Waals surface area contributed by atoms with Gasteiger partial charge in [0.15, 0.2) is 0 Å². The van der Waals surface area contributed by atoms with Crippen LogP contribution in [0.25, 0.3) is 0 Å². The molecule has 0 aromatic heterocycles. The zero-order valence-electron chi connectivity index (χ0n) is 8.49. The lowest BCUT2D eigenvalue weighted by Crippen LogP contribution is -1.99. The van der Waals surface area contributed by atoms with Crippen LogP contribution in [0, 0.1) is 19.3 Å². The standard InChI is InChI=1S/C12H12O2S/c1-3-4-7-15-10-6-5-9(2)11(8-10)12(13)14/h1,5-6,8H,4,7H2,2H3,(H,13,14). The van der Waals surface area contributed by atoms with E-state index in [9.17, 15) is 4.79 Å². The van der Waals surface area contributed by atoms with Gasteiger partial charge in [0, 0.05) is 17.1 Å². The van der Waals surface area contributed by atoms with Crippen molar-refractivity contribution in [3.05, 3.63) is 29.3 Å². The molecule has 0 heterocycles. The van der Waals surface area contributed by atoms with Crippen LogP contribution in [-0.2, 0) is 0 Å². The Kier molecular flexibility index (Phi) is 4.26. The molecule has 3 heteroatoms. The van der Waals surface area contributed by atoms with E-state index in [1.807, 2.05) is 12.1 Å². The van der Waals surface area contributed by atoms with E-state index in [0.717, 1.165) is 16.2 Å². The third-order valence-electron chi connectivity index (χ3n) is 1.95. The molecule has 0 saturated heterocycles. The molecule has 15 heavy (non-hydrogen) atoms. The second-order valence-corrected chi connectivity index (χ2v) is 4.25. The monoisotopic (exact) mass is 220 g/mol. The topological polar surface area (TPSA) is 37.3 Å². The molecule has 0 bridgehead atoms. The lowest BCUT2D eigenvalue weighted by atomic mass is 10.1. The predicted molar refractivity (Wildman–Crippen MR) is 62.3 cm³/mol. The summed E-state index contributed by atoms with van der Waals surface area (Å²) in [5, 5.41) is 8.92. The van der Waals surface area contributed by atoms with Gasteiger partial charge in [0.1, 0.15) is 0 Å². The minimum Gasteiger partial charge on any atom is -0.478 e. The van der Waals surface area contributed by atoms with Gasteiger partial charge in [-0.25, -0.2) is 4.79 Å². The van der Waals surface area contributed by atoms with Crippen molar-refractivity contribution in [1.29, 1.82) is 0 Å². The number of hydrogen-bond donors (Lipinski definition) is 1. The van der Waals surface area contributed by atoms with Gasteiger partial charge in [0.2, 0.25) is 0 Å². The van der Waals surface area contributed by atoms with Crippen LogP contribution >= 0.6 is 11.8 Å². The molecule has 0 saturated carbocycles. The number of carboxylic acids is 1. The minimum atomic E-state index is -0.883. The van der Waals surface area contributed by atoms with Gasteiger partial charge >= 0.3 is 5.97 Å². The third-order valence-corrected chi connectivity index (χ3v) is 2.95. The molecule has 0 aliphatic rings. The Morgan fingerprint density at radius 3 is 2.93 bits per heavy atom. The Balaban J connectivity index is 2.79. The lowest BCUT2D eigenvalue weighted by Gasteiger charge is -2.04. The van der Waals surface area contributed by atoms with Crippen LogP contribution in [0.2, 0.25) is 0 Å². The third kappa shape index (κ3) is 3.34. The van der Waals surface area contributed by atoms with Crippen molar-refractivity contribution in [2.45, 2.75) is 18.2 Å². The number of aromatic carboxylic acids is 1. The maximum absolute atomic E-state index is 10.9. The van der Waals surface area contributed by atoms with Gasteiger partial charge in [0.25, 0.3) is 0 Å². The molecule has 0 aliphatic carbocycles. The molecule has 78 valence electrons. The van der Waals surface area contributed by atoms with Gasteiger partial charge in [-0.3, -0.25) is 0 Å². The summed E-state index contributed by atoms with van der Waals surface area (Å²) in [6.07, 6.45) is 5.83. The van der Waals surface area contributed by atoms with Gasteiger partial charge in [-0.15, -0.1) is 24.1 Å². The summed E-state index contributed by atoms with van der Waals surface area (Å²) in [5.41, 5.74) is 1.14. The SMILES string of the molecule is C#CCCSc1ccc(C)c(C(=O)O)c1. The highest BCUT2D eigenvalue weighted by atomic mass is 32.2. The maximum atomic E-state index is 10.9. The highest BCUT2D eigenvalue weighted by Gasteiger charge is 2.07. The molecule has 1 rings (SSSR count). The number of benzene rings is 1. The molecule has 1 aromatic rings. The Hall–Kier alpha value is -1.40. The fraction of sp³-hybridized carbons (Fsp3) is 0.250. The lowest BCUT2D eigenvalue weighted by molar-refractivity contribution is 0.0696. The van der Waals surface area contributed by atoms with Crippen molar-refractivity contribution in [1.82, 2.24) is 0 Å². The van der Waals surface area contributed by atoms with Crippen molar-refractivity contribution in [2.75, 3.05) is 5.75 Å². The van der Waals surface area contributed by atoms with Gasteiger partial charge in [0.05, 0.1) is 5.56 Å². The van der Waals surface area contributed by atoms with E-state index in [2.05, 4.69) is 5.92 Å². The first-order valence-electron chi connectivity index (χ1n) is 4.55. The van der Waals surface area contributed by atoms with E-state index in [-0.39, 0.29) is 0 Å². The summed E-state index contributed by atoms with van der Waals surface area (Å²) in [6, 6.07) is 5.43. The van der Waals surface area contributed by atoms with E-state index in [1.54, 1.807) is 24.8 Å². The van der Waals surface area contributed by atoms with Gasteiger partial charge in [-0.2, -0.15) is 0 Å². The number of thioether (sulfide) groups is 1. The van der Waals surface area contributed by atoms with Gasteiger partial charge in [-0.05, 0) is 24.6 Å². The van der Waals surface area contributed by atoms with Crippen LogP contribution in [0.3, 0.4) is 0 Å². The second kappa shape index (κ2) is 5.47. The van der Waals surface area contributed by atoms with Crippen LogP contribution in [0.4, 0.5) is 0 Å². The summed E-state index contributed by atoms with van der Waals surface area (Å²) in [7, 11) is 0. The average molecular weight is 220 g/mol. The fourth-order valence-electron chi connectivity index (χ4n) is 1.15. The van der Waals surface area contributed by atoms with Crippen LogP contribution in [-0.4, -0.2) is 16.8 Å². The van der Waals surface area contributed by atoms with E-state index >= 15 is 0 Å². The Morgan fingerprint density at radius 1 is 1.60 bits per heavy atom. The largest absolute Gasteiger partial charge is 0.478 e. The van der Waals surface area contributed by atoms with Crippen molar-refractivity contribution >= 4 is 17.7 Å². The number of carbonyl (C=O) groups is 1. The molecule has 0 spiro atoms. The van der Waals surface area contributed by atoms with Crippen LogP contribution in [0.5, 0.6) is 0 Å². The fourth-order valence-corrected chi connectivity index (χ4v) is 1.97. The smallest absolute Gasteiger partial charge is 0.335 e. The molecule has 0 fully saturated rings. The Morgan fingerprint density at radius 2 is 2.33 bits per heavy atom. The van der Waals surface area contributed by atoms with Crippen molar-refractivity contribution in [2.24, 2.45) is 0 Å². The highest BCUT2D eigenvalue weighted by molar-refractivity contribution is 7.99. The number of hydrogen-bond acceptors (Lipinski definition) is 2. The Bertz CT molecular complexity index is 405. The summed E-state index contributed by atoms with van der Waals surface area (Å²) < 4.78 is 0. The molecule has 0 unspecified atom stereocenters. The summed E-state index contributed by atoms with van der Waals surface area (Å²) >= 11 is 1.58. The van der Waals surface area contributed by atoms with Crippen LogP contribution < -0.4 is 0 Å². The molecule has 2 nitrogen and oxygen atoms in total. The van der Waals surface area contributed by atoms with Crippen molar-refractivity contribution in [3.63, 3.8) is 0 Å². The van der Waals surface area contributed by atoms with E-state index < -0.39 is 5.97 Å². The van der Waals surface area contributed by atoms with Crippen molar-refractivity contribution < 1.29 is 9.90 Å². The molecule has 0 radical (unpaired) electrons. The molecule has 0 atom stereocenters. The average Bonchev–Trinajstić information content (AvgIpc) is 2.20. The van der Waals surface area contributed by atoms with E-state index in [0.29, 0.717) is 12.0 Å². The van der Waals surface area contributed by atoms with E-state index in [1.165, 1.54) is 0 Å². The van der Waals surface area contributed by atoms with Crippen LogP contribution in [0.15, 0.2) is 23.1 Å². The summed E-state index contributed by atoms with van der Waals surface area (Å²) in [6.45, 7) is 1.79. The first-order chi connectivity index (χ1) is 7.15. The van der Waals surface area contributed by atoms with E-state index in [4.69, 9.17) is 11.5 Å². The second-order valence-electron chi connectivity index (χ2n) is 3.08. The van der Waals surface area contributed by atoms with Crippen molar-refractivity contribution in [3.8, 4) is 12.3 Å². The first kappa shape index (κ1) is 11.7. The van der Waals surface area contributed by atoms with Gasteiger partial charge < -0.3 is 5.11 Å². The summed E-state index contributed by atoms with van der Waals surface area (Å²) in [5.74, 6) is 2.49. The first-order valence-corrected chi connectivity index (χ1v) is 5.54. The molecule has 1 aromatic carbocycles. The number of aryl methyl sites for hydroxylation is 1. The minimum absolute atomic E-state index is 0.362. The van der Waals surface area contributed by atoms with Crippen LogP contribution in [0.1, 0.15) is 22.3 Å². The quantitative estimate of drug-likeness (QED) is 0.481. The molecular formula is C12H12O2S.